The van der Waals surface area contributed by atoms with Crippen molar-refractivity contribution in [1.82, 2.24) is 5.32 Å². The molecule has 0 fully saturated rings. The maximum Gasteiger partial charge on any atom is 0.416 e. The van der Waals surface area contributed by atoms with Gasteiger partial charge in [0.15, 0.2) is 10.9 Å². The van der Waals surface area contributed by atoms with Gasteiger partial charge in [-0.2, -0.15) is 26.3 Å². The summed E-state index contributed by atoms with van der Waals surface area (Å²) in [4.78, 5) is 12.4. The van der Waals surface area contributed by atoms with Crippen LogP contribution in [-0.2, 0) is 12.4 Å². The molecule has 1 aromatic heterocycles. The number of carbonyl (C=O) groups is 1. The number of alkyl halides is 6. The molecule has 0 aliphatic carbocycles. The minimum absolute atomic E-state index is 0.00994. The van der Waals surface area contributed by atoms with Crippen molar-refractivity contribution >= 4 is 28.9 Å². The molecule has 3 rings (SSSR count). The molecule has 174 valence electrons. The lowest BCUT2D eigenvalue weighted by atomic mass is 10.1. The van der Waals surface area contributed by atoms with E-state index in [-0.39, 0.29) is 11.8 Å². The van der Waals surface area contributed by atoms with Crippen LogP contribution in [-0.4, -0.2) is 11.0 Å². The van der Waals surface area contributed by atoms with Crippen LogP contribution in [0.2, 0.25) is 0 Å². The molecule has 0 bridgehead atoms. The third-order valence-electron chi connectivity index (χ3n) is 4.69. The van der Waals surface area contributed by atoms with Crippen molar-refractivity contribution in [3.05, 3.63) is 76.5 Å². The number of halogens is 6. The molecule has 3 aromatic rings. The molecule has 33 heavy (non-hydrogen) atoms. The van der Waals surface area contributed by atoms with Crippen LogP contribution in [0.25, 0.3) is 11.3 Å². The number of thiocarbonyl (C=S) groups is 1. The molecule has 0 atom stereocenters. The van der Waals surface area contributed by atoms with E-state index in [0.717, 1.165) is 16.7 Å². The molecule has 1 heterocycles. The monoisotopic (exact) mass is 486 g/mol. The summed E-state index contributed by atoms with van der Waals surface area (Å²) in [6, 6.07) is 9.39. The second-order valence-corrected chi connectivity index (χ2v) is 7.57. The maximum atomic E-state index is 13.0. The lowest BCUT2D eigenvalue weighted by Gasteiger charge is -2.15. The molecule has 1 amide bonds. The van der Waals surface area contributed by atoms with E-state index >= 15 is 0 Å². The number of benzene rings is 2. The van der Waals surface area contributed by atoms with Gasteiger partial charge in [0.05, 0.1) is 11.1 Å². The highest BCUT2D eigenvalue weighted by molar-refractivity contribution is 7.80. The van der Waals surface area contributed by atoms with E-state index in [1.165, 1.54) is 6.07 Å². The zero-order valence-corrected chi connectivity index (χ0v) is 17.9. The zero-order valence-electron chi connectivity index (χ0n) is 17.1. The van der Waals surface area contributed by atoms with Gasteiger partial charge in [0, 0.05) is 11.3 Å². The first-order chi connectivity index (χ1) is 15.2. The number of aryl methyl sites for hydroxylation is 2. The first kappa shape index (κ1) is 24.3. The quantitative estimate of drug-likeness (QED) is 0.319. The maximum absolute atomic E-state index is 13.0. The Morgan fingerprint density at radius 1 is 0.848 bits per heavy atom. The Balaban J connectivity index is 1.75. The molecule has 2 N–H and O–H groups in total. The first-order valence-electron chi connectivity index (χ1n) is 9.33. The molecule has 0 saturated carbocycles. The summed E-state index contributed by atoms with van der Waals surface area (Å²) in [5.74, 6) is -0.576. The Morgan fingerprint density at radius 2 is 1.45 bits per heavy atom. The molecule has 0 aliphatic rings. The van der Waals surface area contributed by atoms with Gasteiger partial charge in [-0.25, -0.2) is 0 Å². The molecule has 2 aromatic carbocycles. The van der Waals surface area contributed by atoms with Crippen molar-refractivity contribution in [3.63, 3.8) is 0 Å². The van der Waals surface area contributed by atoms with E-state index in [0.29, 0.717) is 17.9 Å². The Labute approximate surface area is 189 Å². The number of rotatable bonds is 3. The first-order valence-corrected chi connectivity index (χ1v) is 9.74. The van der Waals surface area contributed by atoms with Gasteiger partial charge in [-0.1, -0.05) is 12.1 Å². The molecular weight excluding hydrogens is 470 g/mol. The van der Waals surface area contributed by atoms with E-state index in [4.69, 9.17) is 16.6 Å². The average molecular weight is 486 g/mol. The van der Waals surface area contributed by atoms with Crippen LogP contribution in [0.5, 0.6) is 0 Å². The molecule has 11 heteroatoms. The fourth-order valence-corrected chi connectivity index (χ4v) is 3.07. The standard InChI is InChI=1S/C22H16F6N2O2S/c1-11-3-4-13(7-12(11)2)17-5-6-18(32-17)19(31)30-20(33)29-16-9-14(21(23,24)25)8-15(10-16)22(26,27)28/h3-10H,1-2H3,(H2,29,30,31,33). The third-order valence-corrected chi connectivity index (χ3v) is 4.90. The highest BCUT2D eigenvalue weighted by atomic mass is 32.1. The lowest BCUT2D eigenvalue weighted by molar-refractivity contribution is -0.143. The minimum atomic E-state index is -5.01. The van der Waals surface area contributed by atoms with Gasteiger partial charge in [-0.15, -0.1) is 0 Å². The normalized spacial score (nSPS) is 11.9. The van der Waals surface area contributed by atoms with Gasteiger partial charge in [0.2, 0.25) is 0 Å². The second kappa shape index (κ2) is 8.89. The van der Waals surface area contributed by atoms with E-state index in [1.807, 2.05) is 26.0 Å². The Hall–Kier alpha value is -3.34. The molecule has 0 spiro atoms. The van der Waals surface area contributed by atoms with Crippen molar-refractivity contribution in [2.75, 3.05) is 5.32 Å². The molecule has 0 radical (unpaired) electrons. The summed E-state index contributed by atoms with van der Waals surface area (Å²) in [6.45, 7) is 3.85. The number of nitrogens with one attached hydrogen (secondary N) is 2. The summed E-state index contributed by atoms with van der Waals surface area (Å²) in [6.07, 6.45) is -10.0. The summed E-state index contributed by atoms with van der Waals surface area (Å²) in [5.41, 5.74) is -0.808. The van der Waals surface area contributed by atoms with Gasteiger partial charge in [-0.3, -0.25) is 10.1 Å². The third kappa shape index (κ3) is 5.92. The van der Waals surface area contributed by atoms with Gasteiger partial charge in [-0.05, 0) is 73.6 Å². The van der Waals surface area contributed by atoms with E-state index in [1.54, 1.807) is 12.1 Å². The fraction of sp³-hybridized carbons (Fsp3) is 0.182. The number of hydrogen-bond acceptors (Lipinski definition) is 3. The zero-order chi connectivity index (χ0) is 24.6. The van der Waals surface area contributed by atoms with Crippen LogP contribution in [0.15, 0.2) is 52.9 Å². The summed E-state index contributed by atoms with van der Waals surface area (Å²) < 4.78 is 83.4. The largest absolute Gasteiger partial charge is 0.451 e. The highest BCUT2D eigenvalue weighted by Gasteiger charge is 2.37. The Bertz CT molecular complexity index is 1180. The van der Waals surface area contributed by atoms with Gasteiger partial charge in [0.25, 0.3) is 5.91 Å². The van der Waals surface area contributed by atoms with Crippen molar-refractivity contribution in [2.24, 2.45) is 0 Å². The van der Waals surface area contributed by atoms with Gasteiger partial charge >= 0.3 is 12.4 Å². The molecule has 0 saturated heterocycles. The smallest absolute Gasteiger partial charge is 0.416 e. The van der Waals surface area contributed by atoms with Crippen LogP contribution in [0, 0.1) is 13.8 Å². The predicted octanol–water partition coefficient (Wildman–Crippen LogP) is 6.73. The van der Waals surface area contributed by atoms with Gasteiger partial charge in [0.1, 0.15) is 5.76 Å². The van der Waals surface area contributed by atoms with Crippen LogP contribution in [0.3, 0.4) is 0 Å². The second-order valence-electron chi connectivity index (χ2n) is 7.17. The van der Waals surface area contributed by atoms with Crippen LogP contribution in [0.1, 0.15) is 32.8 Å². The van der Waals surface area contributed by atoms with Crippen molar-refractivity contribution in [3.8, 4) is 11.3 Å². The van der Waals surface area contributed by atoms with Gasteiger partial charge < -0.3 is 9.73 Å². The summed E-state index contributed by atoms with van der Waals surface area (Å²) in [5, 5.41) is 3.85. The molecule has 0 unspecified atom stereocenters. The lowest BCUT2D eigenvalue weighted by Crippen LogP contribution is -2.34. The minimum Gasteiger partial charge on any atom is -0.451 e. The SMILES string of the molecule is Cc1ccc(-c2ccc(C(=O)NC(=S)Nc3cc(C(F)(F)F)cc(C(F)(F)F)c3)o2)cc1C. The van der Waals surface area contributed by atoms with Crippen LogP contribution < -0.4 is 10.6 Å². The predicted molar refractivity (Wildman–Crippen MR) is 114 cm³/mol. The number of furan rings is 1. The summed E-state index contributed by atoms with van der Waals surface area (Å²) in [7, 11) is 0. The van der Waals surface area contributed by atoms with E-state index in [2.05, 4.69) is 10.6 Å². The number of anilines is 1. The Morgan fingerprint density at radius 3 is 2.00 bits per heavy atom. The van der Waals surface area contributed by atoms with Crippen molar-refractivity contribution < 1.29 is 35.6 Å². The van der Waals surface area contributed by atoms with E-state index < -0.39 is 40.2 Å². The Kier molecular flexibility index (Phi) is 6.55. The van der Waals surface area contributed by atoms with Crippen molar-refractivity contribution in [1.29, 1.82) is 0 Å². The molecule has 0 aliphatic heterocycles. The average Bonchev–Trinajstić information content (AvgIpc) is 3.19. The summed E-state index contributed by atoms with van der Waals surface area (Å²) >= 11 is 4.87. The number of carbonyl (C=O) groups excluding carboxylic acids is 1. The number of hydrogen-bond donors (Lipinski definition) is 2. The number of amides is 1. The van der Waals surface area contributed by atoms with Crippen molar-refractivity contribution in [2.45, 2.75) is 26.2 Å². The molecule has 4 nitrogen and oxygen atoms in total. The van der Waals surface area contributed by atoms with Crippen LogP contribution in [0.4, 0.5) is 32.0 Å². The van der Waals surface area contributed by atoms with E-state index in [9.17, 15) is 31.1 Å². The molecular formula is C22H16F6N2O2S. The highest BCUT2D eigenvalue weighted by Crippen LogP contribution is 2.37. The fourth-order valence-electron chi connectivity index (χ4n) is 2.86. The topological polar surface area (TPSA) is 54.3 Å². The van der Waals surface area contributed by atoms with Crippen LogP contribution >= 0.6 is 12.2 Å².